The van der Waals surface area contributed by atoms with Gasteiger partial charge in [-0.05, 0) is 61.5 Å². The van der Waals surface area contributed by atoms with Crippen LogP contribution in [0.2, 0.25) is 0 Å². The van der Waals surface area contributed by atoms with Gasteiger partial charge in [-0.2, -0.15) is 0 Å². The van der Waals surface area contributed by atoms with E-state index in [4.69, 9.17) is 4.74 Å². The number of rotatable bonds is 4. The molecule has 1 aliphatic heterocycles. The van der Waals surface area contributed by atoms with Crippen LogP contribution in [0.1, 0.15) is 23.0 Å². The van der Waals surface area contributed by atoms with Gasteiger partial charge in [0.2, 0.25) is 0 Å². The van der Waals surface area contributed by atoms with E-state index in [1.807, 2.05) is 24.3 Å². The number of hydrogen-bond acceptors (Lipinski definition) is 3. The fourth-order valence-electron chi connectivity index (χ4n) is 4.14. The van der Waals surface area contributed by atoms with Gasteiger partial charge in [0, 0.05) is 22.2 Å². The third kappa shape index (κ3) is 3.01. The third-order valence-corrected chi connectivity index (χ3v) is 5.84. The van der Waals surface area contributed by atoms with E-state index in [1.165, 1.54) is 36.3 Å². The number of hydrogen-bond donors (Lipinski definition) is 2. The summed E-state index contributed by atoms with van der Waals surface area (Å²) < 4.78 is 18.8. The Bertz CT molecular complexity index is 1330. The van der Waals surface area contributed by atoms with Crippen molar-refractivity contribution >= 4 is 34.1 Å². The number of anilines is 2. The number of nitrogens with zero attached hydrogens (tertiary/aromatic N) is 1. The van der Waals surface area contributed by atoms with Gasteiger partial charge in [-0.15, -0.1) is 0 Å². The molecule has 1 aromatic heterocycles. The highest BCUT2D eigenvalue weighted by Crippen LogP contribution is 2.45. The first-order valence-electron chi connectivity index (χ1n) is 10.1. The molecule has 2 heterocycles. The lowest BCUT2D eigenvalue weighted by Crippen LogP contribution is -2.50. The van der Waals surface area contributed by atoms with E-state index in [2.05, 4.69) is 10.3 Å². The molecule has 2 N–H and O–H groups in total. The number of para-hydroxylation sites is 1. The van der Waals surface area contributed by atoms with Crippen molar-refractivity contribution < 1.29 is 18.7 Å². The third-order valence-electron chi connectivity index (χ3n) is 5.84. The lowest BCUT2D eigenvalue weighted by atomic mass is 9.93. The predicted molar refractivity (Wildman–Crippen MR) is 120 cm³/mol. The number of methoxy groups -OCH3 is 1. The minimum absolute atomic E-state index is 0.350. The fraction of sp³-hybridized carbons (Fsp3) is 0.120. The number of aromatic amines is 1. The lowest BCUT2D eigenvalue weighted by Gasteiger charge is -2.25. The summed E-state index contributed by atoms with van der Waals surface area (Å²) in [6, 6.07) is 20.2. The van der Waals surface area contributed by atoms with Crippen molar-refractivity contribution in [3.8, 4) is 5.75 Å². The molecule has 0 aliphatic carbocycles. The zero-order valence-electron chi connectivity index (χ0n) is 17.5. The molecule has 0 unspecified atom stereocenters. The first kappa shape index (κ1) is 19.8. The minimum Gasteiger partial charge on any atom is -0.497 e. The summed E-state index contributed by atoms with van der Waals surface area (Å²) in [5.74, 6) is -0.600. The van der Waals surface area contributed by atoms with E-state index in [-0.39, 0.29) is 5.91 Å². The molecule has 1 aliphatic rings. The molecule has 4 aromatic rings. The smallest absolute Gasteiger partial charge is 0.268 e. The van der Waals surface area contributed by atoms with E-state index in [0.717, 1.165) is 10.9 Å². The minimum atomic E-state index is -1.35. The number of carbonyl (C=O) groups is 2. The van der Waals surface area contributed by atoms with Crippen molar-refractivity contribution in [1.82, 2.24) is 10.3 Å². The van der Waals surface area contributed by atoms with Gasteiger partial charge in [-0.3, -0.25) is 14.5 Å². The molecule has 7 heteroatoms. The van der Waals surface area contributed by atoms with Gasteiger partial charge in [-0.25, -0.2) is 4.39 Å². The van der Waals surface area contributed by atoms with Gasteiger partial charge in [0.15, 0.2) is 0 Å². The summed E-state index contributed by atoms with van der Waals surface area (Å²) >= 11 is 0. The molecular weight excluding hydrogens is 409 g/mol. The number of halogens is 1. The van der Waals surface area contributed by atoms with Gasteiger partial charge in [0.25, 0.3) is 11.8 Å². The van der Waals surface area contributed by atoms with Crippen LogP contribution in [-0.4, -0.2) is 23.9 Å². The summed E-state index contributed by atoms with van der Waals surface area (Å²) in [5, 5.41) is 3.81. The monoisotopic (exact) mass is 429 g/mol. The van der Waals surface area contributed by atoms with Crippen LogP contribution in [0, 0.1) is 5.82 Å². The number of nitrogens with one attached hydrogen (secondary N) is 2. The number of fused-ring (bicyclic) bond motifs is 2. The van der Waals surface area contributed by atoms with Crippen LogP contribution >= 0.6 is 0 Å². The highest BCUT2D eigenvalue weighted by Gasteiger charge is 2.49. The number of aromatic nitrogens is 1. The van der Waals surface area contributed by atoms with E-state index < -0.39 is 17.3 Å². The zero-order chi connectivity index (χ0) is 22.5. The maximum absolute atomic E-state index is 13.7. The van der Waals surface area contributed by atoms with Crippen LogP contribution in [-0.2, 0) is 10.3 Å². The van der Waals surface area contributed by atoms with Crippen LogP contribution in [0.5, 0.6) is 5.75 Å². The van der Waals surface area contributed by atoms with E-state index >= 15 is 0 Å². The van der Waals surface area contributed by atoms with Crippen molar-refractivity contribution in [2.75, 3.05) is 12.0 Å². The van der Waals surface area contributed by atoms with Crippen LogP contribution < -0.4 is 15.0 Å². The van der Waals surface area contributed by atoms with Gasteiger partial charge in [0.05, 0.1) is 12.8 Å². The number of benzene rings is 3. The van der Waals surface area contributed by atoms with Crippen molar-refractivity contribution in [2.24, 2.45) is 0 Å². The second kappa shape index (κ2) is 7.23. The molecule has 0 spiro atoms. The summed E-state index contributed by atoms with van der Waals surface area (Å²) in [7, 11) is 1.54. The Hall–Kier alpha value is -4.13. The number of ether oxygens (including phenoxy) is 1. The molecule has 0 radical (unpaired) electrons. The number of H-pyrrole nitrogens is 1. The first-order chi connectivity index (χ1) is 15.4. The Labute approximate surface area is 183 Å². The maximum atomic E-state index is 13.7. The van der Waals surface area contributed by atoms with Crippen molar-refractivity contribution in [1.29, 1.82) is 0 Å². The molecule has 1 atom stereocenters. The molecule has 3 aromatic carbocycles. The maximum Gasteiger partial charge on any atom is 0.268 e. The molecule has 5 rings (SSSR count). The van der Waals surface area contributed by atoms with E-state index in [0.29, 0.717) is 28.4 Å². The largest absolute Gasteiger partial charge is 0.497 e. The second-order valence-corrected chi connectivity index (χ2v) is 7.85. The summed E-state index contributed by atoms with van der Waals surface area (Å²) in [6.07, 6.45) is 0. The Balaban J connectivity index is 1.58. The topological polar surface area (TPSA) is 74.4 Å². The molecule has 0 saturated carbocycles. The predicted octanol–water partition coefficient (Wildman–Crippen LogP) is 4.64. The fourth-order valence-corrected chi connectivity index (χ4v) is 4.14. The van der Waals surface area contributed by atoms with Gasteiger partial charge < -0.3 is 15.0 Å². The molecule has 160 valence electrons. The Morgan fingerprint density at radius 2 is 1.81 bits per heavy atom. The highest BCUT2D eigenvalue weighted by molar-refractivity contribution is 6.14. The standard InChI is InChI=1S/C25H20FN3O3/c1-25(28-23(30)21-13-15-5-3-4-6-20(15)27-21)19-14-18(32-2)11-12-22(19)29(24(25)31)17-9-7-16(26)8-10-17/h3-14,27H,1-2H3,(H,28,30)/t25-/m0/s1. The molecule has 0 saturated heterocycles. The van der Waals surface area contributed by atoms with Gasteiger partial charge in [0.1, 0.15) is 22.8 Å². The number of carbonyl (C=O) groups excluding carboxylic acids is 2. The van der Waals surface area contributed by atoms with Crippen molar-refractivity contribution in [3.05, 3.63) is 89.9 Å². The average molecular weight is 429 g/mol. The van der Waals surface area contributed by atoms with Crippen LogP contribution in [0.25, 0.3) is 10.9 Å². The van der Waals surface area contributed by atoms with Crippen molar-refractivity contribution in [2.45, 2.75) is 12.5 Å². The zero-order valence-corrected chi connectivity index (χ0v) is 17.5. The normalized spacial score (nSPS) is 17.5. The van der Waals surface area contributed by atoms with E-state index in [9.17, 15) is 14.0 Å². The number of amides is 2. The Morgan fingerprint density at radius 3 is 2.53 bits per heavy atom. The Morgan fingerprint density at radius 1 is 1.06 bits per heavy atom. The van der Waals surface area contributed by atoms with Crippen LogP contribution in [0.15, 0.2) is 72.8 Å². The Kier molecular flexibility index (Phi) is 4.48. The molecule has 2 amide bonds. The second-order valence-electron chi connectivity index (χ2n) is 7.85. The quantitative estimate of drug-likeness (QED) is 0.496. The van der Waals surface area contributed by atoms with E-state index in [1.54, 1.807) is 31.2 Å². The summed E-state index contributed by atoms with van der Waals surface area (Å²) in [4.78, 5) is 31.4. The highest BCUT2D eigenvalue weighted by atomic mass is 19.1. The molecular formula is C25H20FN3O3. The van der Waals surface area contributed by atoms with Gasteiger partial charge >= 0.3 is 0 Å². The van der Waals surface area contributed by atoms with Crippen LogP contribution in [0.4, 0.5) is 15.8 Å². The summed E-state index contributed by atoms with van der Waals surface area (Å²) in [5.41, 5.74) is 1.52. The molecule has 0 fully saturated rings. The van der Waals surface area contributed by atoms with Gasteiger partial charge in [-0.1, -0.05) is 18.2 Å². The molecule has 6 nitrogen and oxygen atoms in total. The molecule has 32 heavy (non-hydrogen) atoms. The molecule has 0 bridgehead atoms. The average Bonchev–Trinajstić information content (AvgIpc) is 3.32. The van der Waals surface area contributed by atoms with Crippen LogP contribution in [0.3, 0.4) is 0 Å². The first-order valence-corrected chi connectivity index (χ1v) is 10.1. The SMILES string of the molecule is COc1ccc2c(c1)[C@](C)(NC(=O)c1cc3ccccc3[nH]1)C(=O)N2c1ccc(F)cc1. The summed E-state index contributed by atoms with van der Waals surface area (Å²) in [6.45, 7) is 1.66. The van der Waals surface area contributed by atoms with Crippen molar-refractivity contribution in [3.63, 3.8) is 0 Å². The lowest BCUT2D eigenvalue weighted by molar-refractivity contribution is -0.122.